The summed E-state index contributed by atoms with van der Waals surface area (Å²) in [6.07, 6.45) is 0. The molecule has 2 aromatic rings. The van der Waals surface area contributed by atoms with E-state index in [0.29, 0.717) is 22.1 Å². The Balaban J connectivity index is 2.01. The molecule has 0 radical (unpaired) electrons. The van der Waals surface area contributed by atoms with E-state index in [2.05, 4.69) is 9.59 Å². The highest BCUT2D eigenvalue weighted by Gasteiger charge is 2.28. The first-order chi connectivity index (χ1) is 10.1. The fourth-order valence-electron chi connectivity index (χ4n) is 1.95. The third-order valence-electron chi connectivity index (χ3n) is 2.99. The zero-order valence-electron chi connectivity index (χ0n) is 10.6. The van der Waals surface area contributed by atoms with Gasteiger partial charge in [-0.1, -0.05) is 4.49 Å². The predicted octanol–water partition coefficient (Wildman–Crippen LogP) is 0.954. The summed E-state index contributed by atoms with van der Waals surface area (Å²) in [6, 6.07) is 4.09. The molecule has 1 aliphatic rings. The molecule has 9 nitrogen and oxygen atoms in total. The Labute approximate surface area is 122 Å². The van der Waals surface area contributed by atoms with E-state index in [4.69, 9.17) is 10.5 Å². The predicted molar refractivity (Wildman–Crippen MR) is 74.1 cm³/mol. The molecule has 0 saturated heterocycles. The number of nitrogens with two attached hydrogens (primary N) is 1. The normalized spacial score (nSPS) is 13.7. The lowest BCUT2D eigenvalue weighted by atomic mass is 10.2. The number of carbonyl (C=O) groups is 1. The molecule has 21 heavy (non-hydrogen) atoms. The van der Waals surface area contributed by atoms with Gasteiger partial charge in [0.1, 0.15) is 16.4 Å². The summed E-state index contributed by atoms with van der Waals surface area (Å²) in [4.78, 5) is 23.7. The van der Waals surface area contributed by atoms with E-state index in [0.717, 1.165) is 11.5 Å². The summed E-state index contributed by atoms with van der Waals surface area (Å²) in [7, 11) is 0. The summed E-state index contributed by atoms with van der Waals surface area (Å²) in [5, 5.41) is 15.1. The zero-order valence-corrected chi connectivity index (χ0v) is 11.4. The summed E-state index contributed by atoms with van der Waals surface area (Å²) >= 11 is 1.02. The van der Waals surface area contributed by atoms with Gasteiger partial charge in [0.15, 0.2) is 6.61 Å². The molecule has 108 valence electrons. The van der Waals surface area contributed by atoms with Crippen molar-refractivity contribution in [3.8, 4) is 5.75 Å². The molecule has 1 aliphatic heterocycles. The lowest BCUT2D eigenvalue weighted by molar-refractivity contribution is -0.384. The quantitative estimate of drug-likeness (QED) is 0.661. The van der Waals surface area contributed by atoms with Gasteiger partial charge in [-0.2, -0.15) is 0 Å². The number of hydrogen-bond donors (Lipinski definition) is 1. The molecule has 0 bridgehead atoms. The molecule has 0 saturated carbocycles. The molecule has 0 aliphatic carbocycles. The van der Waals surface area contributed by atoms with Crippen molar-refractivity contribution in [2.24, 2.45) is 0 Å². The van der Waals surface area contributed by atoms with Crippen LogP contribution in [0.15, 0.2) is 18.2 Å². The van der Waals surface area contributed by atoms with Crippen LogP contribution in [0.4, 0.5) is 16.4 Å². The molecule has 1 aromatic heterocycles. The third-order valence-corrected chi connectivity index (χ3v) is 3.58. The number of amides is 1. The highest BCUT2D eigenvalue weighted by Crippen LogP contribution is 2.36. The van der Waals surface area contributed by atoms with Gasteiger partial charge in [0.25, 0.3) is 11.6 Å². The van der Waals surface area contributed by atoms with Crippen molar-refractivity contribution in [3.63, 3.8) is 0 Å². The van der Waals surface area contributed by atoms with Gasteiger partial charge in [0.2, 0.25) is 0 Å². The monoisotopic (exact) mass is 307 g/mol. The molecule has 3 rings (SSSR count). The number of nitrogens with zero attached hydrogens (tertiary/aromatic N) is 4. The number of rotatable bonds is 3. The lowest BCUT2D eigenvalue weighted by Gasteiger charge is -2.28. The van der Waals surface area contributed by atoms with Gasteiger partial charge in [-0.25, -0.2) is 0 Å². The molecule has 10 heteroatoms. The molecule has 2 N–H and O–H groups in total. The third kappa shape index (κ3) is 2.36. The van der Waals surface area contributed by atoms with Crippen LogP contribution in [0.5, 0.6) is 5.75 Å². The second-order valence-corrected chi connectivity index (χ2v) is 5.05. The van der Waals surface area contributed by atoms with Crippen LogP contribution in [0.2, 0.25) is 0 Å². The Morgan fingerprint density at radius 1 is 1.52 bits per heavy atom. The van der Waals surface area contributed by atoms with Gasteiger partial charge in [0.05, 0.1) is 17.2 Å². The van der Waals surface area contributed by atoms with Crippen molar-refractivity contribution in [1.29, 1.82) is 0 Å². The van der Waals surface area contributed by atoms with Crippen molar-refractivity contribution in [2.75, 3.05) is 17.2 Å². The van der Waals surface area contributed by atoms with E-state index < -0.39 is 4.92 Å². The van der Waals surface area contributed by atoms with Crippen LogP contribution in [-0.2, 0) is 11.3 Å². The van der Waals surface area contributed by atoms with E-state index in [1.54, 1.807) is 0 Å². The second kappa shape index (κ2) is 4.98. The average molecular weight is 307 g/mol. The zero-order chi connectivity index (χ0) is 15.0. The van der Waals surface area contributed by atoms with E-state index in [9.17, 15) is 14.9 Å². The Hall–Kier alpha value is -2.75. The van der Waals surface area contributed by atoms with E-state index in [1.807, 2.05) is 0 Å². The van der Waals surface area contributed by atoms with Gasteiger partial charge >= 0.3 is 0 Å². The van der Waals surface area contributed by atoms with Gasteiger partial charge in [0, 0.05) is 23.7 Å². The summed E-state index contributed by atoms with van der Waals surface area (Å²) < 4.78 is 8.97. The van der Waals surface area contributed by atoms with Crippen molar-refractivity contribution in [3.05, 3.63) is 34.0 Å². The Morgan fingerprint density at radius 2 is 2.33 bits per heavy atom. The highest BCUT2D eigenvalue weighted by atomic mass is 32.1. The number of nitrogen functional groups attached to an aromatic ring is 1. The van der Waals surface area contributed by atoms with Crippen LogP contribution in [0.25, 0.3) is 0 Å². The minimum atomic E-state index is -0.531. The second-order valence-electron chi connectivity index (χ2n) is 4.26. The van der Waals surface area contributed by atoms with Crippen LogP contribution < -0.4 is 15.4 Å². The van der Waals surface area contributed by atoms with Crippen LogP contribution in [0.3, 0.4) is 0 Å². The fourth-order valence-corrected chi connectivity index (χ4v) is 2.39. The first kappa shape index (κ1) is 13.2. The van der Waals surface area contributed by atoms with Crippen LogP contribution in [-0.4, -0.2) is 27.0 Å². The molecule has 0 unspecified atom stereocenters. The van der Waals surface area contributed by atoms with E-state index >= 15 is 0 Å². The largest absolute Gasteiger partial charge is 0.482 e. The SMILES string of the molecule is Nc1snnc1CN1C(=O)COc2ccc([N+](=O)[O-])cc21. The van der Waals surface area contributed by atoms with Crippen LogP contribution in [0.1, 0.15) is 5.69 Å². The maximum Gasteiger partial charge on any atom is 0.271 e. The molecular formula is C11H9N5O4S. The van der Waals surface area contributed by atoms with E-state index in [1.165, 1.54) is 23.1 Å². The van der Waals surface area contributed by atoms with Crippen molar-refractivity contribution >= 4 is 33.8 Å². The smallest absolute Gasteiger partial charge is 0.271 e. The molecule has 1 amide bonds. The Bertz CT molecular complexity index is 731. The highest BCUT2D eigenvalue weighted by molar-refractivity contribution is 7.09. The first-order valence-electron chi connectivity index (χ1n) is 5.84. The number of benzene rings is 1. The number of anilines is 2. The van der Waals surface area contributed by atoms with Crippen LogP contribution >= 0.6 is 11.5 Å². The number of hydrogen-bond acceptors (Lipinski definition) is 8. The van der Waals surface area contributed by atoms with Gasteiger partial charge in [-0.3, -0.25) is 19.8 Å². The van der Waals surface area contributed by atoms with Gasteiger partial charge in [-0.15, -0.1) is 5.10 Å². The summed E-state index contributed by atoms with van der Waals surface area (Å²) in [6.45, 7) is -0.0407. The molecular weight excluding hydrogens is 298 g/mol. The number of fused-ring (bicyclic) bond motifs is 1. The van der Waals surface area contributed by atoms with Crippen molar-refractivity contribution in [2.45, 2.75) is 6.54 Å². The number of nitro groups is 1. The number of carbonyl (C=O) groups excluding carboxylic acids is 1. The first-order valence-corrected chi connectivity index (χ1v) is 6.62. The molecule has 0 atom stereocenters. The average Bonchev–Trinajstić information content (AvgIpc) is 2.87. The summed E-state index contributed by atoms with van der Waals surface area (Å²) in [5.41, 5.74) is 6.37. The minimum Gasteiger partial charge on any atom is -0.482 e. The topological polar surface area (TPSA) is 124 Å². The number of non-ortho nitro benzene ring substituents is 1. The maximum atomic E-state index is 12.0. The molecule has 2 heterocycles. The standard InChI is InChI=1S/C11H9N5O4S/c12-11-7(13-14-21-11)4-15-8-3-6(16(18)19)1-2-9(8)20-5-10(15)17/h1-3H,4-5,12H2. The van der Waals surface area contributed by atoms with Crippen molar-refractivity contribution in [1.82, 2.24) is 9.59 Å². The Morgan fingerprint density at radius 3 is 3.00 bits per heavy atom. The summed E-state index contributed by atoms with van der Waals surface area (Å²) in [5.74, 6) is 0.0809. The van der Waals surface area contributed by atoms with Crippen molar-refractivity contribution < 1.29 is 14.5 Å². The van der Waals surface area contributed by atoms with Gasteiger partial charge in [-0.05, 0) is 6.07 Å². The van der Waals surface area contributed by atoms with E-state index in [-0.39, 0.29) is 24.7 Å². The maximum absolute atomic E-state index is 12.0. The fraction of sp³-hybridized carbons (Fsp3) is 0.182. The molecule has 0 fully saturated rings. The molecule has 1 aromatic carbocycles. The minimum absolute atomic E-state index is 0.0959. The number of ether oxygens (including phenoxy) is 1. The lowest BCUT2D eigenvalue weighted by Crippen LogP contribution is -2.38. The van der Waals surface area contributed by atoms with Gasteiger partial charge < -0.3 is 10.5 Å². The Kier molecular flexibility index (Phi) is 3.14. The van der Waals surface area contributed by atoms with Crippen LogP contribution in [0, 0.1) is 10.1 Å². The number of nitro benzene ring substituents is 1. The number of aromatic nitrogens is 2. The molecule has 0 spiro atoms.